The highest BCUT2D eigenvalue weighted by Gasteiger charge is 2.08. The van der Waals surface area contributed by atoms with E-state index in [4.69, 9.17) is 0 Å². The Kier molecular flexibility index (Phi) is 4.38. The van der Waals surface area contributed by atoms with E-state index < -0.39 is 0 Å². The van der Waals surface area contributed by atoms with Crippen molar-refractivity contribution in [2.45, 2.75) is 39.5 Å². The van der Waals surface area contributed by atoms with E-state index in [1.54, 1.807) is 0 Å². The predicted octanol–water partition coefficient (Wildman–Crippen LogP) is 3.77. The lowest BCUT2D eigenvalue weighted by atomic mass is 9.98. The molecule has 0 atom stereocenters. The number of nitrogens with zero attached hydrogens (tertiary/aromatic N) is 1. The van der Waals surface area contributed by atoms with Gasteiger partial charge in [0.15, 0.2) is 0 Å². The summed E-state index contributed by atoms with van der Waals surface area (Å²) in [5.41, 5.74) is 4.47. The van der Waals surface area contributed by atoms with Crippen molar-refractivity contribution in [2.24, 2.45) is 0 Å². The summed E-state index contributed by atoms with van der Waals surface area (Å²) >= 11 is 0. The fraction of sp³-hybridized carbons (Fsp3) is 0.412. The molecular formula is C17H21NO2. The maximum atomic E-state index is 11.2. The van der Waals surface area contributed by atoms with Crippen molar-refractivity contribution in [2.75, 3.05) is 7.11 Å². The minimum Gasteiger partial charge on any atom is -0.469 e. The van der Waals surface area contributed by atoms with Crippen molar-refractivity contribution in [3.63, 3.8) is 0 Å². The fourth-order valence-corrected chi connectivity index (χ4v) is 2.30. The molecule has 0 aliphatic heterocycles. The monoisotopic (exact) mass is 271 g/mol. The van der Waals surface area contributed by atoms with E-state index in [0.29, 0.717) is 18.8 Å². The Morgan fingerprint density at radius 3 is 2.70 bits per heavy atom. The van der Waals surface area contributed by atoms with E-state index in [-0.39, 0.29) is 5.97 Å². The van der Waals surface area contributed by atoms with Crippen LogP contribution in [0.5, 0.6) is 0 Å². The highest BCUT2D eigenvalue weighted by Crippen LogP contribution is 2.23. The van der Waals surface area contributed by atoms with Crippen LogP contribution in [0.2, 0.25) is 0 Å². The Morgan fingerprint density at radius 1 is 1.30 bits per heavy atom. The van der Waals surface area contributed by atoms with E-state index in [1.165, 1.54) is 23.6 Å². The summed E-state index contributed by atoms with van der Waals surface area (Å²) in [6.45, 7) is 6.47. The molecule has 0 spiro atoms. The van der Waals surface area contributed by atoms with Crippen LogP contribution in [0, 0.1) is 6.92 Å². The zero-order valence-corrected chi connectivity index (χ0v) is 12.6. The number of fused-ring (bicyclic) bond motifs is 1. The number of ether oxygens (including phenoxy) is 1. The molecule has 0 bridgehead atoms. The van der Waals surface area contributed by atoms with Gasteiger partial charge in [0.2, 0.25) is 0 Å². The van der Waals surface area contributed by atoms with Gasteiger partial charge in [-0.05, 0) is 42.2 Å². The van der Waals surface area contributed by atoms with Crippen molar-refractivity contribution >= 4 is 16.9 Å². The third-order valence-corrected chi connectivity index (χ3v) is 3.57. The quantitative estimate of drug-likeness (QED) is 0.795. The molecule has 1 heterocycles. The van der Waals surface area contributed by atoms with E-state index in [1.807, 2.05) is 0 Å². The number of methoxy groups -OCH3 is 1. The van der Waals surface area contributed by atoms with Crippen molar-refractivity contribution in [3.05, 3.63) is 41.1 Å². The highest BCUT2D eigenvalue weighted by atomic mass is 16.5. The molecule has 2 rings (SSSR count). The molecule has 0 unspecified atom stereocenters. The Balaban J connectivity index is 2.33. The smallest absolute Gasteiger partial charge is 0.305 e. The second-order valence-electron chi connectivity index (χ2n) is 5.44. The number of rotatable bonds is 4. The lowest BCUT2D eigenvalue weighted by Crippen LogP contribution is -2.03. The van der Waals surface area contributed by atoms with Crippen LogP contribution in [0.3, 0.4) is 0 Å². The second-order valence-corrected chi connectivity index (χ2v) is 5.44. The zero-order chi connectivity index (χ0) is 14.7. The Labute approximate surface area is 120 Å². The highest BCUT2D eigenvalue weighted by molar-refractivity contribution is 5.83. The molecule has 0 saturated heterocycles. The van der Waals surface area contributed by atoms with Gasteiger partial charge in [0.05, 0.1) is 19.0 Å². The third-order valence-electron chi connectivity index (χ3n) is 3.57. The number of esters is 1. The Hall–Kier alpha value is -1.90. The molecule has 0 aliphatic carbocycles. The molecule has 106 valence electrons. The number of aromatic nitrogens is 1. The van der Waals surface area contributed by atoms with Crippen LogP contribution in [-0.4, -0.2) is 18.1 Å². The first-order chi connectivity index (χ1) is 9.51. The maximum absolute atomic E-state index is 11.2. The van der Waals surface area contributed by atoms with E-state index in [0.717, 1.165) is 11.2 Å². The molecule has 3 heteroatoms. The summed E-state index contributed by atoms with van der Waals surface area (Å²) in [6.07, 6.45) is 0.994. The second kappa shape index (κ2) is 6.04. The van der Waals surface area contributed by atoms with Gasteiger partial charge in [-0.2, -0.15) is 0 Å². The number of carbonyl (C=O) groups is 1. The third kappa shape index (κ3) is 3.16. The maximum Gasteiger partial charge on any atom is 0.305 e. The summed E-state index contributed by atoms with van der Waals surface area (Å²) in [4.78, 5) is 15.8. The van der Waals surface area contributed by atoms with Gasteiger partial charge in [-0.15, -0.1) is 0 Å². The summed E-state index contributed by atoms with van der Waals surface area (Å²) in [7, 11) is 1.41. The van der Waals surface area contributed by atoms with E-state index in [9.17, 15) is 4.79 Å². The first-order valence-corrected chi connectivity index (χ1v) is 6.98. The van der Waals surface area contributed by atoms with Crippen LogP contribution < -0.4 is 0 Å². The van der Waals surface area contributed by atoms with Gasteiger partial charge in [-0.3, -0.25) is 9.78 Å². The Bertz CT molecular complexity index is 632. The standard InChI is InChI=1S/C17H21NO2/c1-11(2)13-5-7-16-15(10-13)12(3)9-14(18-16)6-8-17(19)20-4/h5,7,9-11H,6,8H2,1-4H3. The molecule has 3 nitrogen and oxygen atoms in total. The van der Waals surface area contributed by atoms with Crippen molar-refractivity contribution in [1.29, 1.82) is 0 Å². The molecule has 20 heavy (non-hydrogen) atoms. The van der Waals surface area contributed by atoms with Crippen LogP contribution >= 0.6 is 0 Å². The van der Waals surface area contributed by atoms with Gasteiger partial charge in [0.25, 0.3) is 0 Å². The molecule has 1 aromatic heterocycles. The predicted molar refractivity (Wildman–Crippen MR) is 80.9 cm³/mol. The number of benzene rings is 1. The SMILES string of the molecule is COC(=O)CCc1cc(C)c2cc(C(C)C)ccc2n1. The summed E-state index contributed by atoms with van der Waals surface area (Å²) < 4.78 is 4.67. The van der Waals surface area contributed by atoms with E-state index >= 15 is 0 Å². The molecule has 2 aromatic rings. The summed E-state index contributed by atoms with van der Waals surface area (Å²) in [5.74, 6) is 0.317. The summed E-state index contributed by atoms with van der Waals surface area (Å²) in [6, 6.07) is 8.48. The van der Waals surface area contributed by atoms with Crippen LogP contribution in [-0.2, 0) is 16.0 Å². The lowest BCUT2D eigenvalue weighted by molar-refractivity contribution is -0.140. The van der Waals surface area contributed by atoms with Crippen LogP contribution in [0.1, 0.15) is 43.0 Å². The molecule has 0 N–H and O–H groups in total. The average Bonchev–Trinajstić information content (AvgIpc) is 2.44. The van der Waals surface area contributed by atoms with Crippen LogP contribution in [0.4, 0.5) is 0 Å². The van der Waals surface area contributed by atoms with Gasteiger partial charge in [-0.1, -0.05) is 19.9 Å². The van der Waals surface area contributed by atoms with Crippen LogP contribution in [0.25, 0.3) is 10.9 Å². The first kappa shape index (κ1) is 14.5. The van der Waals surface area contributed by atoms with Crippen molar-refractivity contribution in [1.82, 2.24) is 4.98 Å². The first-order valence-electron chi connectivity index (χ1n) is 6.98. The van der Waals surface area contributed by atoms with Gasteiger partial charge in [0, 0.05) is 17.5 Å². The molecule has 0 aliphatic rings. The van der Waals surface area contributed by atoms with Gasteiger partial charge in [-0.25, -0.2) is 0 Å². The molecule has 0 amide bonds. The van der Waals surface area contributed by atoms with Crippen molar-refractivity contribution < 1.29 is 9.53 Å². The number of pyridine rings is 1. The normalized spacial score (nSPS) is 11.1. The average molecular weight is 271 g/mol. The zero-order valence-electron chi connectivity index (χ0n) is 12.6. The molecule has 0 fully saturated rings. The minimum absolute atomic E-state index is 0.195. The number of hydrogen-bond donors (Lipinski definition) is 0. The van der Waals surface area contributed by atoms with Gasteiger partial charge in [0.1, 0.15) is 0 Å². The fourth-order valence-electron chi connectivity index (χ4n) is 2.30. The number of aryl methyl sites for hydroxylation is 2. The Morgan fingerprint density at radius 2 is 2.05 bits per heavy atom. The molecule has 0 radical (unpaired) electrons. The van der Waals surface area contributed by atoms with Crippen LogP contribution in [0.15, 0.2) is 24.3 Å². The summed E-state index contributed by atoms with van der Waals surface area (Å²) in [5, 5.41) is 1.19. The molecular weight excluding hydrogens is 250 g/mol. The lowest BCUT2D eigenvalue weighted by Gasteiger charge is -2.10. The topological polar surface area (TPSA) is 39.2 Å². The number of carbonyl (C=O) groups excluding carboxylic acids is 1. The molecule has 1 aromatic carbocycles. The largest absolute Gasteiger partial charge is 0.469 e. The van der Waals surface area contributed by atoms with E-state index in [2.05, 4.69) is 54.8 Å². The molecule has 0 saturated carbocycles. The minimum atomic E-state index is -0.195. The van der Waals surface area contributed by atoms with Crippen molar-refractivity contribution in [3.8, 4) is 0 Å². The van der Waals surface area contributed by atoms with Gasteiger partial charge < -0.3 is 4.74 Å². The van der Waals surface area contributed by atoms with Gasteiger partial charge >= 0.3 is 5.97 Å². The number of hydrogen-bond acceptors (Lipinski definition) is 3.